The van der Waals surface area contributed by atoms with Crippen molar-refractivity contribution < 1.29 is 0 Å². The van der Waals surface area contributed by atoms with Crippen LogP contribution in [-0.4, -0.2) is 15.0 Å². The molecule has 1 aromatic rings. The van der Waals surface area contributed by atoms with Crippen LogP contribution in [0.1, 0.15) is 5.82 Å². The van der Waals surface area contributed by atoms with Gasteiger partial charge in [0, 0.05) is 5.57 Å². The maximum atomic E-state index is 11.1. The molecule has 80 valence electrons. The van der Waals surface area contributed by atoms with Gasteiger partial charge in [-0.25, -0.2) is 9.59 Å². The van der Waals surface area contributed by atoms with E-state index in [4.69, 9.17) is 0 Å². The molecule has 0 atom stereocenters. The van der Waals surface area contributed by atoms with Gasteiger partial charge in [0.25, 0.3) is 0 Å². The van der Waals surface area contributed by atoms with E-state index in [1.165, 1.54) is 0 Å². The first-order valence-corrected chi connectivity index (χ1v) is 4.68. The van der Waals surface area contributed by atoms with E-state index >= 15 is 0 Å². The summed E-state index contributed by atoms with van der Waals surface area (Å²) in [5.41, 5.74) is -0.552. The van der Waals surface area contributed by atoms with Crippen LogP contribution >= 0.6 is 0 Å². The molecule has 0 radical (unpaired) electrons. The quantitative estimate of drug-likeness (QED) is 0.717. The molecule has 0 unspecified atom stereocenters. The van der Waals surface area contributed by atoms with E-state index in [1.807, 2.05) is 23.2 Å². The van der Waals surface area contributed by atoms with Gasteiger partial charge in [-0.1, -0.05) is 42.5 Å². The summed E-state index contributed by atoms with van der Waals surface area (Å²) in [4.78, 5) is 30.3. The van der Waals surface area contributed by atoms with Gasteiger partial charge in [-0.2, -0.15) is 4.98 Å². The SMILES string of the molecule is O=c1nc(C2=CC=CC=CC=C2)[nH]c(=O)[nH]1. The minimum absolute atomic E-state index is 0.255. The van der Waals surface area contributed by atoms with E-state index in [0.29, 0.717) is 5.57 Å². The first kappa shape index (κ1) is 10.1. The molecule has 0 spiro atoms. The number of aromatic amines is 2. The Morgan fingerprint density at radius 2 is 1.69 bits per heavy atom. The minimum Gasteiger partial charge on any atom is -0.291 e. The van der Waals surface area contributed by atoms with E-state index in [-0.39, 0.29) is 5.82 Å². The number of nitrogens with zero attached hydrogens (tertiary/aromatic N) is 1. The van der Waals surface area contributed by atoms with Crippen LogP contribution in [0.5, 0.6) is 0 Å². The lowest BCUT2D eigenvalue weighted by molar-refractivity contribution is 0.914. The molecule has 16 heavy (non-hydrogen) atoms. The summed E-state index contributed by atoms with van der Waals surface area (Å²) < 4.78 is 0. The monoisotopic (exact) mass is 215 g/mol. The zero-order valence-corrected chi connectivity index (χ0v) is 8.31. The van der Waals surface area contributed by atoms with Crippen molar-refractivity contribution >= 4 is 5.57 Å². The van der Waals surface area contributed by atoms with Crippen molar-refractivity contribution in [2.75, 3.05) is 0 Å². The molecule has 0 saturated carbocycles. The zero-order valence-electron chi connectivity index (χ0n) is 8.31. The van der Waals surface area contributed by atoms with Crippen LogP contribution in [0.2, 0.25) is 0 Å². The van der Waals surface area contributed by atoms with Gasteiger partial charge in [-0.3, -0.25) is 9.97 Å². The molecule has 0 amide bonds. The van der Waals surface area contributed by atoms with Crippen LogP contribution in [0.4, 0.5) is 0 Å². The molecular formula is C11H9N3O2. The standard InChI is InChI=1S/C11H9N3O2/c15-10-12-9(13-11(16)14-10)8-6-4-2-1-3-5-7-8/h1-7H,(H2,12,13,14,15,16). The fourth-order valence-corrected chi connectivity index (χ4v) is 1.25. The molecule has 0 saturated heterocycles. The Bertz CT molecular complexity index is 586. The first-order valence-electron chi connectivity index (χ1n) is 4.68. The van der Waals surface area contributed by atoms with Crippen molar-refractivity contribution in [1.82, 2.24) is 15.0 Å². The molecule has 1 aromatic heterocycles. The van der Waals surface area contributed by atoms with Crippen molar-refractivity contribution in [3.05, 3.63) is 69.3 Å². The second-order valence-electron chi connectivity index (χ2n) is 3.10. The van der Waals surface area contributed by atoms with Crippen molar-refractivity contribution in [3.63, 3.8) is 0 Å². The Morgan fingerprint density at radius 3 is 2.50 bits per heavy atom. The van der Waals surface area contributed by atoms with Crippen LogP contribution in [0.3, 0.4) is 0 Å². The van der Waals surface area contributed by atoms with Gasteiger partial charge in [-0.05, 0) is 0 Å². The summed E-state index contributed by atoms with van der Waals surface area (Å²) in [6, 6.07) is 0. The average molecular weight is 215 g/mol. The highest BCUT2D eigenvalue weighted by molar-refractivity contribution is 5.71. The number of aromatic nitrogens is 3. The number of hydrogen-bond acceptors (Lipinski definition) is 3. The average Bonchev–Trinajstić information content (AvgIpc) is 2.14. The molecule has 2 N–H and O–H groups in total. The van der Waals surface area contributed by atoms with Gasteiger partial charge in [0.2, 0.25) is 0 Å². The molecule has 5 heteroatoms. The molecule has 1 aliphatic carbocycles. The van der Waals surface area contributed by atoms with Crippen molar-refractivity contribution in [1.29, 1.82) is 0 Å². The molecule has 0 aliphatic heterocycles. The van der Waals surface area contributed by atoms with E-state index in [9.17, 15) is 9.59 Å². The van der Waals surface area contributed by atoms with Crippen LogP contribution < -0.4 is 11.4 Å². The number of allylic oxidation sites excluding steroid dienone is 8. The summed E-state index contributed by atoms with van der Waals surface area (Å²) in [7, 11) is 0. The number of hydrogen-bond donors (Lipinski definition) is 2. The fraction of sp³-hybridized carbons (Fsp3) is 0. The predicted octanol–water partition coefficient (Wildman–Crippen LogP) is 0.524. The topological polar surface area (TPSA) is 78.6 Å². The van der Waals surface area contributed by atoms with E-state index in [2.05, 4.69) is 9.97 Å². The number of rotatable bonds is 1. The molecule has 0 fully saturated rings. The van der Waals surface area contributed by atoms with Crippen LogP contribution in [-0.2, 0) is 0 Å². The van der Waals surface area contributed by atoms with Crippen LogP contribution in [0.15, 0.2) is 52.1 Å². The number of H-pyrrole nitrogens is 2. The lowest BCUT2D eigenvalue weighted by Crippen LogP contribution is -2.26. The summed E-state index contributed by atoms with van der Waals surface area (Å²) >= 11 is 0. The second-order valence-corrected chi connectivity index (χ2v) is 3.10. The molecular weight excluding hydrogens is 206 g/mol. The Morgan fingerprint density at radius 1 is 0.938 bits per heavy atom. The summed E-state index contributed by atoms with van der Waals surface area (Å²) in [5.74, 6) is 0.255. The fourth-order valence-electron chi connectivity index (χ4n) is 1.25. The maximum Gasteiger partial charge on any atom is 0.351 e. The molecule has 1 heterocycles. The van der Waals surface area contributed by atoms with E-state index in [1.54, 1.807) is 24.3 Å². The molecule has 1 aliphatic rings. The van der Waals surface area contributed by atoms with Crippen molar-refractivity contribution in [2.24, 2.45) is 0 Å². The largest absolute Gasteiger partial charge is 0.351 e. The molecule has 0 bridgehead atoms. The molecule has 5 nitrogen and oxygen atoms in total. The summed E-state index contributed by atoms with van der Waals surface area (Å²) in [6.45, 7) is 0. The Kier molecular flexibility index (Phi) is 2.77. The third-order valence-electron chi connectivity index (χ3n) is 1.94. The van der Waals surface area contributed by atoms with Gasteiger partial charge in [-0.15, -0.1) is 0 Å². The lowest BCUT2D eigenvalue weighted by atomic mass is 10.2. The third kappa shape index (κ3) is 2.33. The summed E-state index contributed by atoms with van der Waals surface area (Å²) in [5, 5.41) is 0. The van der Waals surface area contributed by atoms with E-state index < -0.39 is 11.4 Å². The van der Waals surface area contributed by atoms with Crippen LogP contribution in [0.25, 0.3) is 5.57 Å². The first-order chi connectivity index (χ1) is 7.75. The number of nitrogens with one attached hydrogen (secondary N) is 2. The molecule has 2 rings (SSSR count). The highest BCUT2D eigenvalue weighted by Crippen LogP contribution is 2.10. The smallest absolute Gasteiger partial charge is 0.291 e. The third-order valence-corrected chi connectivity index (χ3v) is 1.94. The highest BCUT2D eigenvalue weighted by atomic mass is 16.2. The normalized spacial score (nSPS) is 14.4. The maximum absolute atomic E-state index is 11.1. The predicted molar refractivity (Wildman–Crippen MR) is 60.9 cm³/mol. The van der Waals surface area contributed by atoms with Gasteiger partial charge >= 0.3 is 11.4 Å². The van der Waals surface area contributed by atoms with Gasteiger partial charge in [0.1, 0.15) is 5.82 Å². The Balaban J connectivity index is 2.51. The Hall–Kier alpha value is -2.43. The van der Waals surface area contributed by atoms with Crippen molar-refractivity contribution in [2.45, 2.75) is 0 Å². The Labute approximate surface area is 90.6 Å². The van der Waals surface area contributed by atoms with Gasteiger partial charge in [0.15, 0.2) is 0 Å². The van der Waals surface area contributed by atoms with E-state index in [0.717, 1.165) is 0 Å². The summed E-state index contributed by atoms with van der Waals surface area (Å²) in [6.07, 6.45) is 12.7. The van der Waals surface area contributed by atoms with Crippen molar-refractivity contribution in [3.8, 4) is 0 Å². The van der Waals surface area contributed by atoms with Gasteiger partial charge < -0.3 is 0 Å². The van der Waals surface area contributed by atoms with Gasteiger partial charge in [0.05, 0.1) is 0 Å². The lowest BCUT2D eigenvalue weighted by Gasteiger charge is -1.99. The highest BCUT2D eigenvalue weighted by Gasteiger charge is 2.01. The zero-order chi connectivity index (χ0) is 11.4. The minimum atomic E-state index is -0.658. The second kappa shape index (κ2) is 4.39. The molecule has 0 aromatic carbocycles. The van der Waals surface area contributed by atoms with Crippen LogP contribution in [0, 0.1) is 0 Å².